The summed E-state index contributed by atoms with van der Waals surface area (Å²) >= 11 is 0. The number of fused-ring (bicyclic) bond motifs is 6. The Labute approximate surface area is 133 Å². The Kier molecular flexibility index (Phi) is 2.03. The van der Waals surface area contributed by atoms with Crippen molar-refractivity contribution in [3.8, 4) is 0 Å². The van der Waals surface area contributed by atoms with E-state index >= 15 is 0 Å². The fourth-order valence-corrected chi connectivity index (χ4v) is 4.46. The van der Waals surface area contributed by atoms with Crippen LogP contribution in [-0.2, 0) is 6.42 Å². The number of hydrogen-bond acceptors (Lipinski definition) is 3. The molecule has 3 aliphatic rings. The number of para-hydroxylation sites is 2. The number of nitrogens with one attached hydrogen (secondary N) is 2. The van der Waals surface area contributed by atoms with E-state index in [1.165, 1.54) is 33.4 Å². The van der Waals surface area contributed by atoms with Gasteiger partial charge in [-0.25, -0.2) is 0 Å². The highest BCUT2D eigenvalue weighted by Crippen LogP contribution is 2.46. The molecule has 0 spiro atoms. The first-order valence-electron chi connectivity index (χ1n) is 8.18. The molecule has 2 N–H and O–H groups in total. The first-order chi connectivity index (χ1) is 11.4. The lowest BCUT2D eigenvalue weighted by atomic mass is 9.87. The van der Waals surface area contributed by atoms with Crippen LogP contribution in [0.5, 0.6) is 0 Å². The van der Waals surface area contributed by atoms with E-state index in [0.717, 1.165) is 18.9 Å². The van der Waals surface area contributed by atoms with Crippen LogP contribution in [0.2, 0.25) is 0 Å². The maximum atomic E-state index is 4.76. The van der Waals surface area contributed by atoms with Gasteiger partial charge in [-0.3, -0.25) is 4.99 Å². The molecule has 0 fully saturated rings. The molecule has 4 heteroatoms. The van der Waals surface area contributed by atoms with Crippen molar-refractivity contribution >= 4 is 22.5 Å². The standard InChI is InChI=1S/C19H16N4/c1-3-7-15-12(5-1)14-9-11-10-20-19-22-16-8-4-2-6-13(16)18(23(11)19)17(14)21-15/h1-8,11,18,21H,9-10H2,(H,20,22)/t11-,18?/m0/s1. The summed E-state index contributed by atoms with van der Waals surface area (Å²) in [5.41, 5.74) is 6.57. The summed E-state index contributed by atoms with van der Waals surface area (Å²) in [5, 5.41) is 4.88. The van der Waals surface area contributed by atoms with Crippen LogP contribution >= 0.6 is 0 Å². The van der Waals surface area contributed by atoms with E-state index in [1.54, 1.807) is 0 Å². The van der Waals surface area contributed by atoms with Gasteiger partial charge in [-0.1, -0.05) is 36.4 Å². The number of aromatic nitrogens is 1. The summed E-state index contributed by atoms with van der Waals surface area (Å²) in [6.45, 7) is 0.881. The van der Waals surface area contributed by atoms with Gasteiger partial charge in [-0.15, -0.1) is 0 Å². The van der Waals surface area contributed by atoms with Crippen molar-refractivity contribution < 1.29 is 0 Å². The Bertz CT molecular complexity index is 984. The molecule has 0 bridgehead atoms. The number of nitrogens with zero attached hydrogens (tertiary/aromatic N) is 2. The zero-order valence-corrected chi connectivity index (χ0v) is 12.6. The van der Waals surface area contributed by atoms with Gasteiger partial charge in [0.2, 0.25) is 0 Å². The molecule has 0 amide bonds. The molecule has 6 rings (SSSR count). The lowest BCUT2D eigenvalue weighted by molar-refractivity contribution is 0.263. The maximum Gasteiger partial charge on any atom is 0.199 e. The van der Waals surface area contributed by atoms with Crippen LogP contribution in [0.25, 0.3) is 10.9 Å². The predicted molar refractivity (Wildman–Crippen MR) is 91.8 cm³/mol. The molecule has 1 aromatic heterocycles. The topological polar surface area (TPSA) is 43.4 Å². The molecule has 23 heavy (non-hydrogen) atoms. The number of anilines is 1. The van der Waals surface area contributed by atoms with Crippen LogP contribution in [0.4, 0.5) is 5.69 Å². The highest BCUT2D eigenvalue weighted by molar-refractivity contribution is 5.99. The second-order valence-corrected chi connectivity index (χ2v) is 6.61. The van der Waals surface area contributed by atoms with Gasteiger partial charge in [0.15, 0.2) is 5.96 Å². The second-order valence-electron chi connectivity index (χ2n) is 6.61. The molecule has 3 aliphatic heterocycles. The van der Waals surface area contributed by atoms with Gasteiger partial charge in [0.1, 0.15) is 0 Å². The Balaban J connectivity index is 1.68. The van der Waals surface area contributed by atoms with E-state index in [2.05, 4.69) is 63.7 Å². The van der Waals surface area contributed by atoms with Gasteiger partial charge in [0.25, 0.3) is 0 Å². The molecule has 0 saturated carbocycles. The number of H-pyrrole nitrogens is 1. The molecule has 0 aliphatic carbocycles. The van der Waals surface area contributed by atoms with Gasteiger partial charge >= 0.3 is 0 Å². The third-order valence-corrected chi connectivity index (χ3v) is 5.43. The number of guanidine groups is 1. The fraction of sp³-hybridized carbons (Fsp3) is 0.211. The first kappa shape index (κ1) is 11.8. The summed E-state index contributed by atoms with van der Waals surface area (Å²) in [4.78, 5) is 10.9. The zero-order chi connectivity index (χ0) is 15.0. The van der Waals surface area contributed by atoms with Crippen molar-refractivity contribution in [2.24, 2.45) is 4.99 Å². The minimum absolute atomic E-state index is 0.245. The highest BCUT2D eigenvalue weighted by Gasteiger charge is 2.45. The second kappa shape index (κ2) is 3.96. The van der Waals surface area contributed by atoms with Crippen LogP contribution in [0.1, 0.15) is 22.9 Å². The third-order valence-electron chi connectivity index (χ3n) is 5.43. The average molecular weight is 300 g/mol. The molecule has 112 valence electrons. The molecular weight excluding hydrogens is 284 g/mol. The molecule has 0 radical (unpaired) electrons. The molecule has 0 saturated heterocycles. The molecule has 3 aromatic rings. The molecule has 4 nitrogen and oxygen atoms in total. The Morgan fingerprint density at radius 3 is 2.91 bits per heavy atom. The fourth-order valence-electron chi connectivity index (χ4n) is 4.46. The average Bonchev–Trinajstić information content (AvgIpc) is 3.17. The third kappa shape index (κ3) is 1.39. The van der Waals surface area contributed by atoms with Crippen molar-refractivity contribution in [1.82, 2.24) is 9.88 Å². The summed E-state index contributed by atoms with van der Waals surface area (Å²) in [6.07, 6.45) is 1.06. The Morgan fingerprint density at radius 2 is 1.91 bits per heavy atom. The monoisotopic (exact) mass is 300 g/mol. The molecule has 4 heterocycles. The van der Waals surface area contributed by atoms with Crippen molar-refractivity contribution in [2.75, 3.05) is 11.9 Å². The Morgan fingerprint density at radius 1 is 1.04 bits per heavy atom. The van der Waals surface area contributed by atoms with E-state index in [4.69, 9.17) is 4.99 Å². The predicted octanol–water partition coefficient (Wildman–Crippen LogP) is 3.28. The lowest BCUT2D eigenvalue weighted by Gasteiger charge is -2.43. The van der Waals surface area contributed by atoms with Gasteiger partial charge in [-0.05, 0) is 24.1 Å². The maximum absolute atomic E-state index is 4.76. The van der Waals surface area contributed by atoms with Crippen LogP contribution < -0.4 is 5.32 Å². The number of benzene rings is 2. The summed E-state index contributed by atoms with van der Waals surface area (Å²) in [7, 11) is 0. The summed E-state index contributed by atoms with van der Waals surface area (Å²) in [6, 6.07) is 18.0. The highest BCUT2D eigenvalue weighted by atomic mass is 15.4. The molecular formula is C19H16N4. The lowest BCUT2D eigenvalue weighted by Crippen LogP contribution is -2.49. The van der Waals surface area contributed by atoms with Crippen molar-refractivity contribution in [2.45, 2.75) is 18.5 Å². The van der Waals surface area contributed by atoms with Crippen molar-refractivity contribution in [3.63, 3.8) is 0 Å². The Hall–Kier alpha value is -2.75. The molecule has 2 atom stereocenters. The van der Waals surface area contributed by atoms with E-state index in [0.29, 0.717) is 6.04 Å². The smallest absolute Gasteiger partial charge is 0.199 e. The van der Waals surface area contributed by atoms with Gasteiger partial charge in [-0.2, -0.15) is 0 Å². The summed E-state index contributed by atoms with van der Waals surface area (Å²) in [5.74, 6) is 1.03. The van der Waals surface area contributed by atoms with E-state index in [9.17, 15) is 0 Å². The van der Waals surface area contributed by atoms with E-state index in [-0.39, 0.29) is 6.04 Å². The SMILES string of the molecule is c1ccc2c(c1)NC1=NC[C@@H]3Cc4c([nH]c5ccccc45)C2N13. The van der Waals surface area contributed by atoms with Crippen molar-refractivity contribution in [1.29, 1.82) is 0 Å². The quantitative estimate of drug-likeness (QED) is 0.669. The number of rotatable bonds is 0. The van der Waals surface area contributed by atoms with Crippen LogP contribution in [-0.4, -0.2) is 28.4 Å². The number of hydrogen-bond donors (Lipinski definition) is 2. The van der Waals surface area contributed by atoms with Crippen molar-refractivity contribution in [3.05, 3.63) is 65.4 Å². The molecule has 2 aromatic carbocycles. The van der Waals surface area contributed by atoms with Gasteiger partial charge < -0.3 is 15.2 Å². The van der Waals surface area contributed by atoms with Crippen LogP contribution in [0.3, 0.4) is 0 Å². The minimum atomic E-state index is 0.245. The largest absolute Gasteiger partial charge is 0.356 e. The van der Waals surface area contributed by atoms with Gasteiger partial charge in [0.05, 0.1) is 18.6 Å². The van der Waals surface area contributed by atoms with Crippen LogP contribution in [0, 0.1) is 0 Å². The van der Waals surface area contributed by atoms with Gasteiger partial charge in [0, 0.05) is 27.8 Å². The van der Waals surface area contributed by atoms with E-state index < -0.39 is 0 Å². The van der Waals surface area contributed by atoms with E-state index in [1.807, 2.05) is 0 Å². The molecule has 1 unspecified atom stereocenters. The number of aliphatic imine (C=N–C) groups is 1. The number of aromatic amines is 1. The minimum Gasteiger partial charge on any atom is -0.356 e. The summed E-state index contributed by atoms with van der Waals surface area (Å²) < 4.78 is 0. The zero-order valence-electron chi connectivity index (χ0n) is 12.6. The first-order valence-corrected chi connectivity index (χ1v) is 8.18. The normalized spacial score (nSPS) is 23.8. The van der Waals surface area contributed by atoms with Crippen LogP contribution in [0.15, 0.2) is 53.5 Å².